The largest absolute Gasteiger partial charge is 0.461 e. The van der Waals surface area contributed by atoms with E-state index < -0.39 is 12.7 Å². The van der Waals surface area contributed by atoms with Crippen molar-refractivity contribution in [1.82, 2.24) is 4.98 Å². The molecule has 0 fully saturated rings. The van der Waals surface area contributed by atoms with Gasteiger partial charge in [0.05, 0.1) is 38.7 Å². The van der Waals surface area contributed by atoms with Crippen LogP contribution in [-0.2, 0) is 35.7 Å². The normalized spacial score (nSPS) is 11.4. The first-order valence-electron chi connectivity index (χ1n) is 9.55. The Hall–Kier alpha value is -2.56. The Morgan fingerprint density at radius 1 is 1.10 bits per heavy atom. The number of hydrogen-bond acceptors (Lipinski definition) is 8. The van der Waals surface area contributed by atoms with Gasteiger partial charge in [-0.25, -0.2) is 4.79 Å². The minimum absolute atomic E-state index is 0.193. The van der Waals surface area contributed by atoms with Gasteiger partial charge < -0.3 is 34.9 Å². The number of H-pyrrole nitrogens is 1. The Morgan fingerprint density at radius 2 is 1.83 bits per heavy atom. The van der Waals surface area contributed by atoms with Gasteiger partial charge in [-0.05, 0) is 41.2 Å². The highest BCUT2D eigenvalue weighted by Gasteiger charge is 2.26. The van der Waals surface area contributed by atoms with E-state index in [4.69, 9.17) is 14.6 Å². The van der Waals surface area contributed by atoms with Crippen molar-refractivity contribution in [3.63, 3.8) is 0 Å². The molecule has 0 bridgehead atoms. The molecule has 0 radical (unpaired) electrons. The Kier molecular flexibility index (Phi) is 9.15. The predicted octanol–water partition coefficient (Wildman–Crippen LogP) is 0.893. The highest BCUT2D eigenvalue weighted by Crippen LogP contribution is 2.36. The van der Waals surface area contributed by atoms with Crippen molar-refractivity contribution >= 4 is 12.2 Å². The predicted molar refractivity (Wildman–Crippen MR) is 110 cm³/mol. The quantitative estimate of drug-likeness (QED) is 0.268. The van der Waals surface area contributed by atoms with E-state index in [-0.39, 0.29) is 32.1 Å². The maximum absolute atomic E-state index is 12.6. The molecule has 30 heavy (non-hydrogen) atoms. The van der Waals surface area contributed by atoms with Crippen LogP contribution in [0.3, 0.4) is 0 Å². The van der Waals surface area contributed by atoms with Crippen molar-refractivity contribution in [3.8, 4) is 11.1 Å². The molecule has 2 aromatic rings. The van der Waals surface area contributed by atoms with Gasteiger partial charge in [0.2, 0.25) is 0 Å². The fourth-order valence-corrected chi connectivity index (χ4v) is 3.43. The van der Waals surface area contributed by atoms with E-state index in [1.165, 1.54) is 6.21 Å². The van der Waals surface area contributed by atoms with E-state index in [2.05, 4.69) is 9.98 Å². The molecule has 0 atom stereocenters. The summed E-state index contributed by atoms with van der Waals surface area (Å²) in [4.78, 5) is 19.4. The lowest BCUT2D eigenvalue weighted by molar-refractivity contribution is 0.0518. The summed E-state index contributed by atoms with van der Waals surface area (Å²) in [6.07, 6.45) is 1.76. The number of aliphatic imine (C=N–C) groups is 1. The van der Waals surface area contributed by atoms with Crippen molar-refractivity contribution in [2.24, 2.45) is 4.99 Å². The molecule has 1 aromatic carbocycles. The average Bonchev–Trinajstić information content (AvgIpc) is 3.13. The lowest BCUT2D eigenvalue weighted by Crippen LogP contribution is -2.10. The van der Waals surface area contributed by atoms with Gasteiger partial charge in [0.1, 0.15) is 12.4 Å². The number of esters is 1. The van der Waals surface area contributed by atoms with Crippen LogP contribution in [0, 0.1) is 0 Å². The second-order valence-corrected chi connectivity index (χ2v) is 6.39. The molecular weight excluding hydrogens is 392 g/mol. The first-order valence-corrected chi connectivity index (χ1v) is 9.55. The Balaban J connectivity index is 2.85. The number of nitrogens with zero attached hydrogens (tertiary/aromatic N) is 1. The Bertz CT molecular complexity index is 890. The molecule has 0 aliphatic rings. The summed E-state index contributed by atoms with van der Waals surface area (Å²) in [7, 11) is 1.55. The lowest BCUT2D eigenvalue weighted by atomic mass is 9.89. The van der Waals surface area contributed by atoms with Gasteiger partial charge in [0.25, 0.3) is 0 Å². The van der Waals surface area contributed by atoms with Gasteiger partial charge >= 0.3 is 5.97 Å². The van der Waals surface area contributed by atoms with Crippen LogP contribution in [0.2, 0.25) is 0 Å². The second kappa shape index (κ2) is 11.6. The van der Waals surface area contributed by atoms with E-state index in [1.807, 2.05) is 0 Å². The second-order valence-electron chi connectivity index (χ2n) is 6.39. The third kappa shape index (κ3) is 4.94. The van der Waals surface area contributed by atoms with Gasteiger partial charge in [-0.15, -0.1) is 0 Å². The lowest BCUT2D eigenvalue weighted by Gasteiger charge is -2.17. The van der Waals surface area contributed by atoms with Crippen molar-refractivity contribution in [2.75, 3.05) is 27.1 Å². The number of carbonyl (C=O) groups is 1. The summed E-state index contributed by atoms with van der Waals surface area (Å²) >= 11 is 0. The third-order valence-corrected chi connectivity index (χ3v) is 4.75. The smallest absolute Gasteiger partial charge is 0.355 e. The minimum Gasteiger partial charge on any atom is -0.461 e. The number of ether oxygens (including phenoxy) is 2. The van der Waals surface area contributed by atoms with E-state index in [0.717, 1.165) is 0 Å². The summed E-state index contributed by atoms with van der Waals surface area (Å²) in [5, 5.41) is 38.6. The van der Waals surface area contributed by atoms with Crippen LogP contribution in [0.5, 0.6) is 0 Å². The highest BCUT2D eigenvalue weighted by atomic mass is 16.5. The van der Waals surface area contributed by atoms with Crippen LogP contribution in [0.1, 0.15) is 45.4 Å². The number of benzene rings is 1. The first kappa shape index (κ1) is 23.7. The number of aromatic amines is 1. The van der Waals surface area contributed by atoms with Crippen LogP contribution in [0.25, 0.3) is 11.1 Å². The van der Waals surface area contributed by atoms with Crippen molar-refractivity contribution in [1.29, 1.82) is 0 Å². The topological polar surface area (TPSA) is 145 Å². The number of rotatable bonds is 11. The van der Waals surface area contributed by atoms with Crippen LogP contribution in [0.4, 0.5) is 0 Å². The summed E-state index contributed by atoms with van der Waals surface area (Å²) in [5.41, 5.74) is 3.75. The third-order valence-electron chi connectivity index (χ3n) is 4.75. The number of nitrogens with one attached hydrogen (secondary N) is 1. The zero-order valence-electron chi connectivity index (χ0n) is 17.1. The summed E-state index contributed by atoms with van der Waals surface area (Å²) < 4.78 is 10.4. The van der Waals surface area contributed by atoms with Gasteiger partial charge in [-0.1, -0.05) is 12.1 Å². The van der Waals surface area contributed by atoms with Crippen molar-refractivity contribution < 1.29 is 34.7 Å². The van der Waals surface area contributed by atoms with Crippen LogP contribution in [0.15, 0.2) is 17.1 Å². The Labute approximate surface area is 174 Å². The number of aromatic nitrogens is 1. The Morgan fingerprint density at radius 3 is 2.40 bits per heavy atom. The fourth-order valence-electron chi connectivity index (χ4n) is 3.43. The minimum atomic E-state index is -0.548. The van der Waals surface area contributed by atoms with Crippen LogP contribution < -0.4 is 0 Å². The number of hydrogen-bond donors (Lipinski definition) is 5. The van der Waals surface area contributed by atoms with E-state index >= 15 is 0 Å². The molecule has 0 saturated heterocycles. The van der Waals surface area contributed by atoms with Gasteiger partial charge in [-0.3, -0.25) is 4.99 Å². The molecule has 1 aromatic heterocycles. The van der Waals surface area contributed by atoms with Gasteiger partial charge in [0, 0.05) is 18.9 Å². The van der Waals surface area contributed by atoms with Gasteiger partial charge in [-0.2, -0.15) is 0 Å². The molecule has 9 nitrogen and oxygen atoms in total. The molecule has 1 heterocycles. The maximum Gasteiger partial charge on any atom is 0.355 e. The van der Waals surface area contributed by atoms with Crippen LogP contribution >= 0.6 is 0 Å². The van der Waals surface area contributed by atoms with E-state index in [1.54, 1.807) is 26.2 Å². The molecule has 5 N–H and O–H groups in total. The molecule has 0 aliphatic heterocycles. The molecule has 0 spiro atoms. The number of aliphatic hydroxyl groups excluding tert-OH is 4. The molecule has 0 unspecified atom stereocenters. The van der Waals surface area contributed by atoms with Gasteiger partial charge in [0.15, 0.2) is 0 Å². The van der Waals surface area contributed by atoms with Crippen molar-refractivity contribution in [3.05, 3.63) is 45.8 Å². The highest BCUT2D eigenvalue weighted by molar-refractivity contribution is 5.99. The maximum atomic E-state index is 12.6. The number of aliphatic hydroxyl groups is 4. The SMILES string of the molecule is CCOC(=O)c1[nH]c(C=NCO)c(-c2ccc(CO)c(CO)c2CO)c1CCOC. The first-order chi connectivity index (χ1) is 14.6. The van der Waals surface area contributed by atoms with Crippen molar-refractivity contribution in [2.45, 2.75) is 33.2 Å². The van der Waals surface area contributed by atoms with Crippen LogP contribution in [-0.4, -0.2) is 64.6 Å². The molecule has 2 rings (SSSR count). The number of carbonyl (C=O) groups excluding carboxylic acids is 1. The molecule has 0 saturated carbocycles. The zero-order valence-corrected chi connectivity index (χ0v) is 17.1. The number of methoxy groups -OCH3 is 1. The molecule has 164 valence electrons. The molecule has 9 heteroatoms. The zero-order chi connectivity index (χ0) is 22.1. The molecule has 0 amide bonds. The summed E-state index contributed by atoms with van der Waals surface area (Å²) in [6.45, 7) is 0.721. The average molecular weight is 420 g/mol. The summed E-state index contributed by atoms with van der Waals surface area (Å²) in [5.74, 6) is -0.548. The molecular formula is C21H28N2O7. The van der Waals surface area contributed by atoms with E-state index in [9.17, 15) is 20.1 Å². The summed E-state index contributed by atoms with van der Waals surface area (Å²) in [6, 6.07) is 3.37. The fraction of sp³-hybridized carbons (Fsp3) is 0.429. The monoisotopic (exact) mass is 420 g/mol. The standard InChI is InChI=1S/C21H28N2O7/c1-3-30-21(28)20-15(6-7-29-2)19(18(23-20)8-22-12-27)14-5-4-13(9-24)16(10-25)17(14)11-26/h4-5,8,23-27H,3,6-7,9-12H2,1-2H3. The molecule has 0 aliphatic carbocycles. The van der Waals surface area contributed by atoms with E-state index in [0.29, 0.717) is 52.1 Å².